The van der Waals surface area contributed by atoms with Crippen LogP contribution in [0.4, 0.5) is 0 Å². The van der Waals surface area contributed by atoms with Crippen LogP contribution in [0.5, 0.6) is 23.0 Å². The van der Waals surface area contributed by atoms with Crippen LogP contribution in [0.1, 0.15) is 27.0 Å². The summed E-state index contributed by atoms with van der Waals surface area (Å²) < 4.78 is 22.4. The van der Waals surface area contributed by atoms with Gasteiger partial charge in [-0.15, -0.1) is 0 Å². The number of benzene rings is 4. The van der Waals surface area contributed by atoms with Crippen molar-refractivity contribution in [3.8, 4) is 23.0 Å². The second-order valence-electron chi connectivity index (χ2n) is 8.91. The van der Waals surface area contributed by atoms with Gasteiger partial charge >= 0.3 is 0 Å². The Balaban J connectivity index is 1.55. The SMILES string of the molecule is COc1ccc(CCN(Cc2ccc(OCc3ccccc3)c(OC)c2)C(=O)c2ccccc2Cl)cc1OC. The van der Waals surface area contributed by atoms with Crippen molar-refractivity contribution in [3.63, 3.8) is 0 Å². The maximum Gasteiger partial charge on any atom is 0.255 e. The molecule has 0 aliphatic carbocycles. The molecule has 0 atom stereocenters. The molecule has 0 aliphatic heterocycles. The molecule has 0 saturated heterocycles. The van der Waals surface area contributed by atoms with E-state index in [1.54, 1.807) is 38.4 Å². The third-order valence-corrected chi connectivity index (χ3v) is 6.68. The van der Waals surface area contributed by atoms with Crippen molar-refractivity contribution in [1.82, 2.24) is 4.90 Å². The zero-order valence-corrected chi connectivity index (χ0v) is 23.1. The van der Waals surface area contributed by atoms with Gasteiger partial charge in [-0.2, -0.15) is 0 Å². The number of methoxy groups -OCH3 is 3. The normalized spacial score (nSPS) is 10.6. The quantitative estimate of drug-likeness (QED) is 0.195. The Labute approximate surface area is 234 Å². The first-order valence-electron chi connectivity index (χ1n) is 12.6. The number of hydrogen-bond acceptors (Lipinski definition) is 5. The first-order valence-corrected chi connectivity index (χ1v) is 13.0. The molecular formula is C32H32ClNO5. The predicted octanol–water partition coefficient (Wildman–Crippen LogP) is 6.83. The fourth-order valence-corrected chi connectivity index (χ4v) is 4.46. The smallest absolute Gasteiger partial charge is 0.255 e. The average molecular weight is 546 g/mol. The maximum atomic E-state index is 13.6. The molecule has 0 spiro atoms. The summed E-state index contributed by atoms with van der Waals surface area (Å²) in [6.45, 7) is 1.26. The fraction of sp³-hybridized carbons (Fsp3) is 0.219. The van der Waals surface area contributed by atoms with E-state index in [2.05, 4.69) is 0 Å². The lowest BCUT2D eigenvalue weighted by molar-refractivity contribution is 0.0745. The lowest BCUT2D eigenvalue weighted by Crippen LogP contribution is -2.32. The number of hydrogen-bond donors (Lipinski definition) is 0. The number of carbonyl (C=O) groups is 1. The zero-order valence-electron chi connectivity index (χ0n) is 22.4. The van der Waals surface area contributed by atoms with E-state index in [4.69, 9.17) is 30.5 Å². The monoisotopic (exact) mass is 545 g/mol. The minimum atomic E-state index is -0.149. The highest BCUT2D eigenvalue weighted by molar-refractivity contribution is 6.33. The minimum absolute atomic E-state index is 0.149. The standard InChI is InChI=1S/C32H32ClNO5/c1-36-28-15-13-23(19-30(28)37-2)17-18-34(32(35)26-11-7-8-12-27(26)33)21-25-14-16-29(31(20-25)38-3)39-22-24-9-5-4-6-10-24/h4-16,19-20H,17-18,21-22H2,1-3H3. The van der Waals surface area contributed by atoms with Gasteiger partial charge in [0.1, 0.15) is 6.61 Å². The number of rotatable bonds is 12. The van der Waals surface area contributed by atoms with Gasteiger partial charge in [-0.05, 0) is 59.5 Å². The summed E-state index contributed by atoms with van der Waals surface area (Å²) in [5.74, 6) is 2.40. The van der Waals surface area contributed by atoms with Crippen LogP contribution in [0, 0.1) is 0 Å². The number of nitrogens with zero attached hydrogens (tertiary/aromatic N) is 1. The van der Waals surface area contributed by atoms with Crippen molar-refractivity contribution in [2.75, 3.05) is 27.9 Å². The van der Waals surface area contributed by atoms with E-state index in [0.717, 1.165) is 16.7 Å². The number of halogens is 1. The molecule has 0 heterocycles. The van der Waals surface area contributed by atoms with E-state index in [9.17, 15) is 4.79 Å². The van der Waals surface area contributed by atoms with Crippen molar-refractivity contribution >= 4 is 17.5 Å². The van der Waals surface area contributed by atoms with E-state index in [-0.39, 0.29) is 5.91 Å². The topological polar surface area (TPSA) is 57.2 Å². The molecule has 7 heteroatoms. The Hall–Kier alpha value is -4.16. The number of carbonyl (C=O) groups excluding carboxylic acids is 1. The Bertz CT molecular complexity index is 1390. The van der Waals surface area contributed by atoms with E-state index in [1.165, 1.54) is 0 Å². The first kappa shape index (κ1) is 27.9. The maximum absolute atomic E-state index is 13.6. The minimum Gasteiger partial charge on any atom is -0.493 e. The van der Waals surface area contributed by atoms with Crippen LogP contribution >= 0.6 is 11.6 Å². The highest BCUT2D eigenvalue weighted by Crippen LogP contribution is 2.31. The molecule has 0 aliphatic rings. The molecule has 4 aromatic rings. The van der Waals surface area contributed by atoms with Crippen LogP contribution in [-0.4, -0.2) is 38.7 Å². The molecule has 0 fully saturated rings. The van der Waals surface area contributed by atoms with Crippen molar-refractivity contribution in [1.29, 1.82) is 0 Å². The van der Waals surface area contributed by atoms with Crippen molar-refractivity contribution in [2.45, 2.75) is 19.6 Å². The largest absolute Gasteiger partial charge is 0.493 e. The molecule has 39 heavy (non-hydrogen) atoms. The molecule has 0 radical (unpaired) electrons. The molecule has 0 N–H and O–H groups in total. The Kier molecular flexibility index (Phi) is 9.70. The van der Waals surface area contributed by atoms with Crippen LogP contribution < -0.4 is 18.9 Å². The van der Waals surface area contributed by atoms with Gasteiger partial charge in [0.25, 0.3) is 5.91 Å². The molecule has 202 valence electrons. The second-order valence-corrected chi connectivity index (χ2v) is 9.31. The van der Waals surface area contributed by atoms with Crippen LogP contribution in [-0.2, 0) is 19.6 Å². The summed E-state index contributed by atoms with van der Waals surface area (Å²) in [6.07, 6.45) is 0.617. The molecule has 4 rings (SSSR count). The van der Waals surface area contributed by atoms with Gasteiger partial charge < -0.3 is 23.8 Å². The van der Waals surface area contributed by atoms with Gasteiger partial charge in [0, 0.05) is 13.1 Å². The summed E-state index contributed by atoms with van der Waals surface area (Å²) in [7, 11) is 4.82. The molecule has 0 bridgehead atoms. The summed E-state index contributed by atoms with van der Waals surface area (Å²) in [4.78, 5) is 15.4. The molecule has 6 nitrogen and oxygen atoms in total. The van der Waals surface area contributed by atoms with Crippen LogP contribution in [0.15, 0.2) is 91.0 Å². The number of ether oxygens (including phenoxy) is 4. The van der Waals surface area contributed by atoms with Crippen molar-refractivity contribution in [2.24, 2.45) is 0 Å². The average Bonchev–Trinajstić information content (AvgIpc) is 2.98. The van der Waals surface area contributed by atoms with Gasteiger partial charge in [-0.25, -0.2) is 0 Å². The molecule has 0 aromatic heterocycles. The molecule has 4 aromatic carbocycles. The third kappa shape index (κ3) is 7.24. The highest BCUT2D eigenvalue weighted by atomic mass is 35.5. The van der Waals surface area contributed by atoms with Gasteiger partial charge in [0.2, 0.25) is 0 Å². The van der Waals surface area contributed by atoms with Gasteiger partial charge in [0.15, 0.2) is 23.0 Å². The van der Waals surface area contributed by atoms with Crippen LogP contribution in [0.3, 0.4) is 0 Å². The molecule has 0 saturated carbocycles. The van der Waals surface area contributed by atoms with Crippen molar-refractivity contribution in [3.05, 3.63) is 118 Å². The molecule has 1 amide bonds. The van der Waals surface area contributed by atoms with Gasteiger partial charge in [-0.3, -0.25) is 4.79 Å². The van der Waals surface area contributed by atoms with Crippen molar-refractivity contribution < 1.29 is 23.7 Å². The van der Waals surface area contributed by atoms with Crippen LogP contribution in [0.2, 0.25) is 5.02 Å². The van der Waals surface area contributed by atoms with E-state index < -0.39 is 0 Å². The van der Waals surface area contributed by atoms with E-state index >= 15 is 0 Å². The number of amides is 1. The second kappa shape index (κ2) is 13.6. The zero-order chi connectivity index (χ0) is 27.6. The van der Waals surface area contributed by atoms with E-state index in [0.29, 0.717) is 59.7 Å². The summed E-state index contributed by atoms with van der Waals surface area (Å²) in [5.41, 5.74) is 3.45. The fourth-order valence-electron chi connectivity index (χ4n) is 4.24. The molecule has 0 unspecified atom stereocenters. The van der Waals surface area contributed by atoms with Gasteiger partial charge in [-0.1, -0.05) is 66.2 Å². The third-order valence-electron chi connectivity index (χ3n) is 6.35. The van der Waals surface area contributed by atoms with Gasteiger partial charge in [0.05, 0.1) is 31.9 Å². The summed E-state index contributed by atoms with van der Waals surface area (Å²) in [5, 5.41) is 0.417. The summed E-state index contributed by atoms with van der Waals surface area (Å²) in [6, 6.07) is 28.6. The lowest BCUT2D eigenvalue weighted by atomic mass is 10.1. The first-order chi connectivity index (χ1) is 19.0. The summed E-state index contributed by atoms with van der Waals surface area (Å²) >= 11 is 6.40. The predicted molar refractivity (Wildman–Crippen MR) is 153 cm³/mol. The Morgan fingerprint density at radius 3 is 2.03 bits per heavy atom. The molecular weight excluding hydrogens is 514 g/mol. The lowest BCUT2D eigenvalue weighted by Gasteiger charge is -2.24. The Morgan fingerprint density at radius 1 is 0.692 bits per heavy atom. The van der Waals surface area contributed by atoms with E-state index in [1.807, 2.05) is 78.9 Å². The highest BCUT2D eigenvalue weighted by Gasteiger charge is 2.20. The Morgan fingerprint density at radius 2 is 1.31 bits per heavy atom. The van der Waals surface area contributed by atoms with Crippen LogP contribution in [0.25, 0.3) is 0 Å².